The lowest BCUT2D eigenvalue weighted by Crippen LogP contribution is -1.95. The first-order valence-corrected chi connectivity index (χ1v) is 8.56. The first kappa shape index (κ1) is 15.7. The average molecular weight is 345 g/mol. The van der Waals surface area contributed by atoms with Crippen molar-refractivity contribution in [2.75, 3.05) is 5.32 Å². The van der Waals surface area contributed by atoms with E-state index in [0.717, 1.165) is 33.5 Å². The molecule has 4 aromatic rings. The second-order valence-electron chi connectivity index (χ2n) is 6.07. The predicted octanol–water partition coefficient (Wildman–Crippen LogP) is 6.61. The second kappa shape index (κ2) is 6.58. The molecule has 0 bridgehead atoms. The van der Waals surface area contributed by atoms with E-state index >= 15 is 0 Å². The van der Waals surface area contributed by atoms with Crippen LogP contribution >= 0.6 is 11.6 Å². The molecule has 0 fully saturated rings. The fraction of sp³-hybridized carbons (Fsp3) is 0.0455. The van der Waals surface area contributed by atoms with Gasteiger partial charge >= 0.3 is 0 Å². The maximum absolute atomic E-state index is 6.15. The molecule has 0 unspecified atom stereocenters. The molecule has 0 aliphatic carbocycles. The highest BCUT2D eigenvalue weighted by Gasteiger charge is 2.08. The molecule has 0 amide bonds. The first-order valence-electron chi connectivity index (χ1n) is 8.18. The van der Waals surface area contributed by atoms with E-state index in [9.17, 15) is 0 Å². The summed E-state index contributed by atoms with van der Waals surface area (Å²) in [5.41, 5.74) is 6.18. The van der Waals surface area contributed by atoms with Gasteiger partial charge in [-0.05, 0) is 43.3 Å². The van der Waals surface area contributed by atoms with Crippen LogP contribution in [-0.2, 0) is 0 Å². The number of para-hydroxylation sites is 1. The Kier molecular flexibility index (Phi) is 4.12. The minimum Gasteiger partial charge on any atom is -0.355 e. The molecule has 3 aromatic carbocycles. The molecule has 1 aromatic heterocycles. The quantitative estimate of drug-likeness (QED) is 0.452. The largest absolute Gasteiger partial charge is 0.355 e. The van der Waals surface area contributed by atoms with Gasteiger partial charge in [-0.25, -0.2) is 4.98 Å². The normalized spacial score (nSPS) is 10.8. The van der Waals surface area contributed by atoms with Crippen molar-refractivity contribution < 1.29 is 0 Å². The zero-order valence-corrected chi connectivity index (χ0v) is 14.6. The van der Waals surface area contributed by atoms with Gasteiger partial charge in [-0.2, -0.15) is 0 Å². The Morgan fingerprint density at radius 1 is 0.840 bits per heavy atom. The van der Waals surface area contributed by atoms with E-state index in [1.807, 2.05) is 42.5 Å². The topological polar surface area (TPSA) is 24.9 Å². The fourth-order valence-electron chi connectivity index (χ4n) is 2.87. The monoisotopic (exact) mass is 344 g/mol. The highest BCUT2D eigenvalue weighted by atomic mass is 35.5. The van der Waals surface area contributed by atoms with Crippen LogP contribution in [0.15, 0.2) is 78.9 Å². The van der Waals surface area contributed by atoms with E-state index < -0.39 is 0 Å². The van der Waals surface area contributed by atoms with Crippen molar-refractivity contribution in [2.24, 2.45) is 0 Å². The van der Waals surface area contributed by atoms with Crippen LogP contribution in [0.5, 0.6) is 0 Å². The molecule has 3 heteroatoms. The standard InChI is InChI=1S/C22H17ClN2/c1-15-9-11-18(12-10-15)24-22-14-21(16-5-4-6-17(23)13-16)25-20-8-3-2-7-19(20)22/h2-14H,1H3,(H,24,25). The van der Waals surface area contributed by atoms with Gasteiger partial charge in [0.1, 0.15) is 0 Å². The van der Waals surface area contributed by atoms with Gasteiger partial charge in [-0.15, -0.1) is 0 Å². The molecule has 0 aliphatic rings. The highest BCUT2D eigenvalue weighted by molar-refractivity contribution is 6.30. The Labute approximate surface area is 152 Å². The van der Waals surface area contributed by atoms with Gasteiger partial charge in [0.25, 0.3) is 0 Å². The number of hydrogen-bond donors (Lipinski definition) is 1. The van der Waals surface area contributed by atoms with E-state index in [-0.39, 0.29) is 0 Å². The number of nitrogens with one attached hydrogen (secondary N) is 1. The molecular formula is C22H17ClN2. The molecule has 25 heavy (non-hydrogen) atoms. The van der Waals surface area contributed by atoms with Crippen molar-refractivity contribution in [2.45, 2.75) is 6.92 Å². The third-order valence-corrected chi connectivity index (χ3v) is 4.40. The Morgan fingerprint density at radius 2 is 1.64 bits per heavy atom. The van der Waals surface area contributed by atoms with Crippen LogP contribution in [-0.4, -0.2) is 4.98 Å². The van der Waals surface area contributed by atoms with Crippen molar-refractivity contribution >= 4 is 33.9 Å². The number of nitrogens with zero attached hydrogens (tertiary/aromatic N) is 1. The van der Waals surface area contributed by atoms with Crippen LogP contribution in [0.3, 0.4) is 0 Å². The van der Waals surface area contributed by atoms with Gasteiger partial charge < -0.3 is 5.32 Å². The van der Waals surface area contributed by atoms with Crippen LogP contribution < -0.4 is 5.32 Å². The van der Waals surface area contributed by atoms with E-state index in [1.54, 1.807) is 0 Å². The molecule has 2 nitrogen and oxygen atoms in total. The summed E-state index contributed by atoms with van der Waals surface area (Å²) >= 11 is 6.15. The average Bonchev–Trinajstić information content (AvgIpc) is 2.63. The summed E-state index contributed by atoms with van der Waals surface area (Å²) in [7, 11) is 0. The maximum atomic E-state index is 6.15. The van der Waals surface area contributed by atoms with E-state index in [4.69, 9.17) is 16.6 Å². The molecule has 122 valence electrons. The van der Waals surface area contributed by atoms with Gasteiger partial charge in [0.15, 0.2) is 0 Å². The number of aryl methyl sites for hydroxylation is 1. The summed E-state index contributed by atoms with van der Waals surface area (Å²) in [6.45, 7) is 2.09. The minimum absolute atomic E-state index is 0.709. The molecule has 0 saturated carbocycles. The van der Waals surface area contributed by atoms with Crippen LogP contribution in [0.25, 0.3) is 22.2 Å². The second-order valence-corrected chi connectivity index (χ2v) is 6.51. The van der Waals surface area contributed by atoms with Gasteiger partial charge in [0.2, 0.25) is 0 Å². The number of rotatable bonds is 3. The lowest BCUT2D eigenvalue weighted by Gasteiger charge is -2.12. The van der Waals surface area contributed by atoms with Crippen molar-refractivity contribution in [3.63, 3.8) is 0 Å². The SMILES string of the molecule is Cc1ccc(Nc2cc(-c3cccc(Cl)c3)nc3ccccc23)cc1. The highest BCUT2D eigenvalue weighted by Crippen LogP contribution is 2.31. The first-order chi connectivity index (χ1) is 12.2. The van der Waals surface area contributed by atoms with Crippen LogP contribution in [0.1, 0.15) is 5.56 Å². The fourth-order valence-corrected chi connectivity index (χ4v) is 3.06. The minimum atomic E-state index is 0.709. The number of aromatic nitrogens is 1. The number of benzene rings is 3. The Balaban J connectivity index is 1.85. The third-order valence-electron chi connectivity index (χ3n) is 4.17. The smallest absolute Gasteiger partial charge is 0.0730 e. The van der Waals surface area contributed by atoms with Gasteiger partial charge in [-0.1, -0.05) is 59.6 Å². The molecule has 4 rings (SSSR count). The Morgan fingerprint density at radius 3 is 2.44 bits per heavy atom. The molecule has 0 aliphatic heterocycles. The number of hydrogen-bond acceptors (Lipinski definition) is 2. The molecule has 0 radical (unpaired) electrons. The summed E-state index contributed by atoms with van der Waals surface area (Å²) in [4.78, 5) is 4.80. The third kappa shape index (κ3) is 3.35. The van der Waals surface area contributed by atoms with Gasteiger partial charge in [-0.3, -0.25) is 0 Å². The molecule has 1 N–H and O–H groups in total. The van der Waals surface area contributed by atoms with Crippen LogP contribution in [0.4, 0.5) is 11.4 Å². The Hall–Kier alpha value is -2.84. The van der Waals surface area contributed by atoms with E-state index in [1.165, 1.54) is 5.56 Å². The van der Waals surface area contributed by atoms with Crippen molar-refractivity contribution in [3.05, 3.63) is 89.4 Å². The van der Waals surface area contributed by atoms with Crippen LogP contribution in [0.2, 0.25) is 5.02 Å². The zero-order chi connectivity index (χ0) is 17.2. The zero-order valence-electron chi connectivity index (χ0n) is 13.8. The van der Waals surface area contributed by atoms with E-state index in [0.29, 0.717) is 5.02 Å². The van der Waals surface area contributed by atoms with Crippen LogP contribution in [0, 0.1) is 6.92 Å². The summed E-state index contributed by atoms with van der Waals surface area (Å²) in [5.74, 6) is 0. The van der Waals surface area contributed by atoms with Gasteiger partial charge in [0, 0.05) is 21.7 Å². The van der Waals surface area contributed by atoms with Crippen molar-refractivity contribution in [1.29, 1.82) is 0 Å². The van der Waals surface area contributed by atoms with Crippen molar-refractivity contribution in [3.8, 4) is 11.3 Å². The lowest BCUT2D eigenvalue weighted by molar-refractivity contribution is 1.39. The predicted molar refractivity (Wildman–Crippen MR) is 107 cm³/mol. The number of pyridine rings is 1. The Bertz CT molecular complexity index is 1040. The van der Waals surface area contributed by atoms with Crippen molar-refractivity contribution in [1.82, 2.24) is 4.98 Å². The number of anilines is 2. The molecular weight excluding hydrogens is 328 g/mol. The summed E-state index contributed by atoms with van der Waals surface area (Å²) in [6.07, 6.45) is 0. The summed E-state index contributed by atoms with van der Waals surface area (Å²) < 4.78 is 0. The summed E-state index contributed by atoms with van der Waals surface area (Å²) in [6, 6.07) is 26.4. The molecule has 0 spiro atoms. The maximum Gasteiger partial charge on any atom is 0.0730 e. The number of halogens is 1. The lowest BCUT2D eigenvalue weighted by atomic mass is 10.1. The molecule has 0 atom stereocenters. The molecule has 1 heterocycles. The van der Waals surface area contributed by atoms with E-state index in [2.05, 4.69) is 48.6 Å². The number of fused-ring (bicyclic) bond motifs is 1. The summed E-state index contributed by atoms with van der Waals surface area (Å²) in [5, 5.41) is 5.33. The molecule has 0 saturated heterocycles. The van der Waals surface area contributed by atoms with Gasteiger partial charge in [0.05, 0.1) is 16.9 Å².